The maximum Gasteiger partial charge on any atom is 0.141 e. The van der Waals surface area contributed by atoms with Crippen LogP contribution in [0.3, 0.4) is 0 Å². The largest absolute Gasteiger partial charge is 0.301 e. The second-order valence-corrected chi connectivity index (χ2v) is 3.66. The molecule has 2 nitrogen and oxygen atoms in total. The lowest BCUT2D eigenvalue weighted by molar-refractivity contribution is -0.106. The highest BCUT2D eigenvalue weighted by Crippen LogP contribution is 2.13. The fourth-order valence-corrected chi connectivity index (χ4v) is 0.659. The molecule has 0 radical (unpaired) electrons. The van der Waals surface area contributed by atoms with E-state index in [0.717, 1.165) is 25.0 Å². The van der Waals surface area contributed by atoms with Gasteiger partial charge in [0.25, 0.3) is 0 Å². The van der Waals surface area contributed by atoms with Crippen molar-refractivity contribution in [3.8, 4) is 0 Å². The average molecular weight is 185 g/mol. The van der Waals surface area contributed by atoms with Crippen molar-refractivity contribution < 1.29 is 4.79 Å². The van der Waals surface area contributed by atoms with Gasteiger partial charge in [-0.3, -0.25) is 4.99 Å². The maximum atomic E-state index is 9.74. The van der Waals surface area contributed by atoms with Gasteiger partial charge in [0.2, 0.25) is 0 Å². The minimum Gasteiger partial charge on any atom is -0.301 e. The Morgan fingerprint density at radius 3 is 2.08 bits per heavy atom. The van der Waals surface area contributed by atoms with E-state index in [2.05, 4.69) is 25.8 Å². The molecule has 0 heterocycles. The predicted molar refractivity (Wildman–Crippen MR) is 59.5 cm³/mol. The van der Waals surface area contributed by atoms with E-state index in [1.807, 2.05) is 0 Å². The summed E-state index contributed by atoms with van der Waals surface area (Å²) >= 11 is 0. The Balaban J connectivity index is 0. The molecule has 2 heteroatoms. The van der Waals surface area contributed by atoms with Crippen LogP contribution in [0.25, 0.3) is 0 Å². The highest BCUT2D eigenvalue weighted by Gasteiger charge is 2.07. The summed E-state index contributed by atoms with van der Waals surface area (Å²) in [5.74, 6) is 0.833. The van der Waals surface area contributed by atoms with E-state index in [4.69, 9.17) is 0 Å². The fourth-order valence-electron chi connectivity index (χ4n) is 0.659. The molecule has 0 amide bonds. The summed E-state index contributed by atoms with van der Waals surface area (Å²) < 4.78 is 0. The normalized spacial score (nSPS) is 13.4. The highest BCUT2D eigenvalue weighted by atomic mass is 16.1. The molecule has 0 bridgehead atoms. The number of carbonyl (C=O) groups excluding carboxylic acids is 1. The average Bonchev–Trinajstić information content (AvgIpc) is 1.83. The van der Waals surface area contributed by atoms with Crippen molar-refractivity contribution in [1.29, 1.82) is 0 Å². The standard InChI is InChI=1S/C6H9NO.C4H10.CH4/c8-5-4-7-6-2-1-3-6;1-4(2)3;/h5H,1-4H2;4H,1-3H3;1H4. The van der Waals surface area contributed by atoms with Crippen molar-refractivity contribution in [3.05, 3.63) is 0 Å². The third-order valence-corrected chi connectivity index (χ3v) is 1.32. The fraction of sp³-hybridized carbons (Fsp3) is 0.818. The molecule has 0 unspecified atom stereocenters. The van der Waals surface area contributed by atoms with Crippen molar-refractivity contribution >= 4 is 12.0 Å². The van der Waals surface area contributed by atoms with Crippen LogP contribution in [-0.4, -0.2) is 18.5 Å². The first-order chi connectivity index (χ1) is 5.66. The number of hydrogen-bond donors (Lipinski definition) is 0. The maximum absolute atomic E-state index is 9.74. The molecule has 1 rings (SSSR count). The molecule has 0 aromatic carbocycles. The molecular formula is C11H23NO. The lowest BCUT2D eigenvalue weighted by Gasteiger charge is -2.12. The van der Waals surface area contributed by atoms with Gasteiger partial charge in [-0.25, -0.2) is 0 Å². The first-order valence-corrected chi connectivity index (χ1v) is 4.62. The number of aliphatic imine (C=N–C) groups is 1. The van der Waals surface area contributed by atoms with Gasteiger partial charge in [-0.05, 0) is 25.2 Å². The van der Waals surface area contributed by atoms with E-state index < -0.39 is 0 Å². The molecule has 1 saturated carbocycles. The molecule has 0 atom stereocenters. The second-order valence-electron chi connectivity index (χ2n) is 3.66. The van der Waals surface area contributed by atoms with E-state index in [1.54, 1.807) is 0 Å². The van der Waals surface area contributed by atoms with E-state index in [-0.39, 0.29) is 7.43 Å². The van der Waals surface area contributed by atoms with Gasteiger partial charge in [0.05, 0.1) is 6.54 Å². The van der Waals surface area contributed by atoms with Crippen LogP contribution >= 0.6 is 0 Å². The number of aldehydes is 1. The number of nitrogens with zero attached hydrogens (tertiary/aromatic N) is 1. The Morgan fingerprint density at radius 2 is 1.85 bits per heavy atom. The van der Waals surface area contributed by atoms with Crippen LogP contribution in [0.2, 0.25) is 0 Å². The summed E-state index contributed by atoms with van der Waals surface area (Å²) in [5.41, 5.74) is 1.22. The Hall–Kier alpha value is -0.660. The summed E-state index contributed by atoms with van der Waals surface area (Å²) in [6.45, 7) is 6.87. The molecule has 0 aromatic heterocycles. The summed E-state index contributed by atoms with van der Waals surface area (Å²) in [6.07, 6.45) is 4.34. The lowest BCUT2D eigenvalue weighted by Crippen LogP contribution is -2.10. The second kappa shape index (κ2) is 9.43. The number of carbonyl (C=O) groups is 1. The summed E-state index contributed by atoms with van der Waals surface area (Å²) in [4.78, 5) is 13.7. The van der Waals surface area contributed by atoms with Crippen LogP contribution in [0.1, 0.15) is 47.5 Å². The van der Waals surface area contributed by atoms with Crippen molar-refractivity contribution in [2.24, 2.45) is 10.9 Å². The SMILES string of the molecule is C.CC(C)C.O=CCN=C1CCC1. The van der Waals surface area contributed by atoms with Gasteiger partial charge < -0.3 is 4.79 Å². The Morgan fingerprint density at radius 1 is 1.38 bits per heavy atom. The van der Waals surface area contributed by atoms with Gasteiger partial charge in [-0.1, -0.05) is 28.2 Å². The van der Waals surface area contributed by atoms with Gasteiger partial charge in [0, 0.05) is 5.71 Å². The molecule has 78 valence electrons. The topological polar surface area (TPSA) is 29.4 Å². The minimum atomic E-state index is 0. The molecule has 1 aliphatic rings. The van der Waals surface area contributed by atoms with Crippen LogP contribution in [0.15, 0.2) is 4.99 Å². The zero-order valence-corrected chi connectivity index (χ0v) is 8.34. The first kappa shape index (κ1) is 14.8. The summed E-state index contributed by atoms with van der Waals surface area (Å²) in [7, 11) is 0. The van der Waals surface area contributed by atoms with Crippen molar-refractivity contribution in [2.75, 3.05) is 6.54 Å². The van der Waals surface area contributed by atoms with Crippen molar-refractivity contribution in [2.45, 2.75) is 47.5 Å². The molecule has 0 spiro atoms. The van der Waals surface area contributed by atoms with Crippen LogP contribution in [0, 0.1) is 5.92 Å². The monoisotopic (exact) mass is 185 g/mol. The Labute approximate surface area is 82.5 Å². The van der Waals surface area contributed by atoms with Crippen LogP contribution in [0.5, 0.6) is 0 Å². The van der Waals surface area contributed by atoms with E-state index in [0.29, 0.717) is 6.54 Å². The van der Waals surface area contributed by atoms with E-state index in [9.17, 15) is 4.79 Å². The zero-order chi connectivity index (χ0) is 9.40. The first-order valence-electron chi connectivity index (χ1n) is 4.62. The van der Waals surface area contributed by atoms with Gasteiger partial charge in [-0.2, -0.15) is 0 Å². The van der Waals surface area contributed by atoms with Gasteiger partial charge in [-0.15, -0.1) is 0 Å². The molecule has 0 aromatic rings. The van der Waals surface area contributed by atoms with Crippen LogP contribution < -0.4 is 0 Å². The third-order valence-electron chi connectivity index (χ3n) is 1.32. The quantitative estimate of drug-likeness (QED) is 0.608. The summed E-state index contributed by atoms with van der Waals surface area (Å²) in [6, 6.07) is 0. The zero-order valence-electron chi connectivity index (χ0n) is 8.34. The van der Waals surface area contributed by atoms with E-state index >= 15 is 0 Å². The highest BCUT2D eigenvalue weighted by molar-refractivity contribution is 5.89. The third kappa shape index (κ3) is 11.3. The van der Waals surface area contributed by atoms with Gasteiger partial charge in [0.1, 0.15) is 6.29 Å². The van der Waals surface area contributed by atoms with Crippen molar-refractivity contribution in [1.82, 2.24) is 0 Å². The predicted octanol–water partition coefficient (Wildman–Crippen LogP) is 3.11. The molecular weight excluding hydrogens is 162 g/mol. The number of rotatable bonds is 2. The van der Waals surface area contributed by atoms with Crippen molar-refractivity contribution in [3.63, 3.8) is 0 Å². The Bertz CT molecular complexity index is 141. The number of hydrogen-bond acceptors (Lipinski definition) is 2. The molecule has 1 fully saturated rings. The summed E-state index contributed by atoms with van der Waals surface area (Å²) in [5, 5.41) is 0. The molecule has 13 heavy (non-hydrogen) atoms. The lowest BCUT2D eigenvalue weighted by atomic mass is 9.97. The molecule has 0 saturated heterocycles. The minimum absolute atomic E-state index is 0. The van der Waals surface area contributed by atoms with Crippen LogP contribution in [0.4, 0.5) is 0 Å². The van der Waals surface area contributed by atoms with E-state index in [1.165, 1.54) is 12.1 Å². The smallest absolute Gasteiger partial charge is 0.141 e. The van der Waals surface area contributed by atoms with Crippen LogP contribution in [-0.2, 0) is 4.79 Å². The van der Waals surface area contributed by atoms with Gasteiger partial charge in [0.15, 0.2) is 0 Å². The molecule has 0 N–H and O–H groups in total. The molecule has 0 aliphatic heterocycles. The van der Waals surface area contributed by atoms with Gasteiger partial charge >= 0.3 is 0 Å². The molecule has 1 aliphatic carbocycles. The Kier molecular flexibility index (Phi) is 10.8.